The average Bonchev–Trinajstić information content (AvgIpc) is 3.33. The molecule has 272 valence electrons. The molecule has 14 heteroatoms. The lowest BCUT2D eigenvalue weighted by molar-refractivity contribution is -0.217. The Morgan fingerprint density at radius 3 is 2.37 bits per heavy atom. The molecule has 3 heterocycles. The zero-order valence-corrected chi connectivity index (χ0v) is 28.9. The number of para-hydroxylation sites is 1. The van der Waals surface area contributed by atoms with Gasteiger partial charge in [0.1, 0.15) is 17.5 Å². The Bertz CT molecular complexity index is 1910. The molecule has 6 N–H and O–H groups in total. The number of hydrogen-bond acceptors (Lipinski definition) is 11. The molecule has 14 nitrogen and oxygen atoms in total. The summed E-state index contributed by atoms with van der Waals surface area (Å²) in [6.07, 6.45) is 8.70. The Kier molecular flexibility index (Phi) is 9.56. The molecule has 0 radical (unpaired) electrons. The van der Waals surface area contributed by atoms with Crippen molar-refractivity contribution in [1.82, 2.24) is 25.7 Å². The van der Waals surface area contributed by atoms with Gasteiger partial charge in [0.25, 0.3) is 11.8 Å². The van der Waals surface area contributed by atoms with E-state index in [-0.39, 0.29) is 52.3 Å². The van der Waals surface area contributed by atoms with Crippen LogP contribution in [0.1, 0.15) is 91.3 Å². The molecular weight excluding hydrogens is 666 g/mol. The second-order valence-electron chi connectivity index (χ2n) is 14.6. The van der Waals surface area contributed by atoms with Crippen molar-refractivity contribution in [2.75, 3.05) is 30.7 Å². The Morgan fingerprint density at radius 1 is 0.904 bits per heavy atom. The first kappa shape index (κ1) is 34.9. The van der Waals surface area contributed by atoms with Crippen LogP contribution in [-0.2, 0) is 14.4 Å². The molecule has 2 aromatic carbocycles. The summed E-state index contributed by atoms with van der Waals surface area (Å²) in [5.74, 6) is -1.21. The number of hydrogen-bond donors (Lipinski definition) is 5. The summed E-state index contributed by atoms with van der Waals surface area (Å²) < 4.78 is 6.05. The van der Waals surface area contributed by atoms with Crippen molar-refractivity contribution in [3.8, 4) is 22.8 Å². The second-order valence-corrected chi connectivity index (χ2v) is 14.6. The van der Waals surface area contributed by atoms with Crippen molar-refractivity contribution in [3.05, 3.63) is 59.7 Å². The largest absolute Gasteiger partial charge is 0.507 e. The number of rotatable bonds is 16. The smallest absolute Gasteiger partial charge is 0.262 e. The number of nitrogens with two attached hydrogens (primary N) is 1. The average molecular weight is 710 g/mol. The van der Waals surface area contributed by atoms with Gasteiger partial charge in [-0.1, -0.05) is 37.8 Å². The van der Waals surface area contributed by atoms with E-state index in [1.54, 1.807) is 42.5 Å². The Labute approximate surface area is 300 Å². The number of aromatic hydroxyl groups is 1. The van der Waals surface area contributed by atoms with Crippen LogP contribution in [-0.4, -0.2) is 75.5 Å². The van der Waals surface area contributed by atoms with Gasteiger partial charge in [0.2, 0.25) is 17.7 Å². The van der Waals surface area contributed by atoms with E-state index in [9.17, 15) is 29.1 Å². The summed E-state index contributed by atoms with van der Waals surface area (Å²) in [6.45, 7) is 1.84. The second kappa shape index (κ2) is 14.2. The van der Waals surface area contributed by atoms with Crippen LogP contribution in [0.25, 0.3) is 11.3 Å². The number of benzene rings is 2. The van der Waals surface area contributed by atoms with E-state index >= 15 is 0 Å². The molecule has 8 rings (SSSR count). The van der Waals surface area contributed by atoms with Crippen LogP contribution in [0.5, 0.6) is 11.5 Å². The fourth-order valence-electron chi connectivity index (χ4n) is 8.10. The Hall–Kier alpha value is -5.53. The standard InChI is InChI=1S/C38H43N7O7/c39-32-30(18-27(43-44-32)25-9-5-6-10-29(25)46)52-22-37-19-38(20-37,21-37)36(51)41-16-8-4-2-1-3-7-15-40-23-11-12-24-26(17-23)35(50)45(34(24)49)28-13-14-31(47)42-33(28)48/h5-6,9-12,17-18,28,40,46H,1-4,7-8,13-16,19-22H2,(H2,39,44)(H,41,51)(H,42,47,48). The number of fused-ring (bicyclic) bond motifs is 1. The van der Waals surface area contributed by atoms with E-state index in [0.717, 1.165) is 68.4 Å². The lowest BCUT2D eigenvalue weighted by Crippen LogP contribution is -2.69. The van der Waals surface area contributed by atoms with E-state index in [1.165, 1.54) is 0 Å². The van der Waals surface area contributed by atoms with Gasteiger partial charge in [-0.3, -0.25) is 34.2 Å². The number of carbonyl (C=O) groups is 5. The maximum atomic E-state index is 13.0. The molecule has 1 atom stereocenters. The van der Waals surface area contributed by atoms with E-state index in [1.807, 2.05) is 6.07 Å². The molecule has 3 aromatic rings. The SMILES string of the molecule is Nc1nnc(-c2ccccc2O)cc1OCC12CC(C(=O)NCCCCCCCCNc3ccc4c(c3)C(=O)N(C3CCC(=O)NC3=O)C4=O)(C1)C2. The van der Waals surface area contributed by atoms with Gasteiger partial charge in [-0.15, -0.1) is 10.2 Å². The molecule has 3 saturated carbocycles. The van der Waals surface area contributed by atoms with Crippen molar-refractivity contribution < 1.29 is 33.8 Å². The van der Waals surface area contributed by atoms with Crippen molar-refractivity contribution >= 4 is 41.0 Å². The van der Waals surface area contributed by atoms with Crippen molar-refractivity contribution in [1.29, 1.82) is 0 Å². The summed E-state index contributed by atoms with van der Waals surface area (Å²) in [6, 6.07) is 12.6. The molecule has 52 heavy (non-hydrogen) atoms. The predicted molar refractivity (Wildman–Crippen MR) is 190 cm³/mol. The molecule has 5 aliphatic rings. The molecule has 1 saturated heterocycles. The summed E-state index contributed by atoms with van der Waals surface area (Å²) in [5.41, 5.74) is 7.99. The molecule has 2 aliphatic heterocycles. The number of anilines is 2. The quantitative estimate of drug-likeness (QED) is 0.106. The molecule has 2 bridgehead atoms. The minimum atomic E-state index is -0.976. The van der Waals surface area contributed by atoms with Gasteiger partial charge >= 0.3 is 0 Å². The number of carbonyl (C=O) groups excluding carboxylic acids is 5. The van der Waals surface area contributed by atoms with Gasteiger partial charge in [-0.25, -0.2) is 0 Å². The van der Waals surface area contributed by atoms with E-state index in [0.29, 0.717) is 36.7 Å². The minimum Gasteiger partial charge on any atom is -0.507 e. The van der Waals surface area contributed by atoms with E-state index in [4.69, 9.17) is 10.5 Å². The molecule has 4 fully saturated rings. The van der Waals surface area contributed by atoms with Crippen molar-refractivity contribution in [3.63, 3.8) is 0 Å². The zero-order valence-electron chi connectivity index (χ0n) is 28.9. The van der Waals surface area contributed by atoms with Crippen LogP contribution in [0, 0.1) is 10.8 Å². The molecule has 1 aromatic heterocycles. The van der Waals surface area contributed by atoms with Crippen LogP contribution >= 0.6 is 0 Å². The van der Waals surface area contributed by atoms with Crippen LogP contribution in [0.2, 0.25) is 0 Å². The van der Waals surface area contributed by atoms with Gasteiger partial charge in [-0.2, -0.15) is 0 Å². The van der Waals surface area contributed by atoms with Crippen molar-refractivity contribution in [2.24, 2.45) is 10.8 Å². The number of aromatic nitrogens is 2. The number of piperidine rings is 1. The third kappa shape index (κ3) is 6.76. The maximum Gasteiger partial charge on any atom is 0.262 e. The molecule has 0 spiro atoms. The van der Waals surface area contributed by atoms with Gasteiger partial charge in [0.15, 0.2) is 11.6 Å². The number of phenolic OH excluding ortho intramolecular Hbond substituents is 1. The molecule has 3 aliphatic carbocycles. The normalized spacial score (nSPS) is 23.0. The third-order valence-electron chi connectivity index (χ3n) is 10.8. The van der Waals surface area contributed by atoms with Crippen LogP contribution in [0.4, 0.5) is 11.5 Å². The molecule has 1 unspecified atom stereocenters. The number of unbranched alkanes of at least 4 members (excludes halogenated alkanes) is 5. The van der Waals surface area contributed by atoms with Crippen LogP contribution in [0.3, 0.4) is 0 Å². The molecule has 5 amide bonds. The van der Waals surface area contributed by atoms with Gasteiger partial charge in [-0.05, 0) is 68.9 Å². The summed E-state index contributed by atoms with van der Waals surface area (Å²) in [5, 5.41) is 26.9. The topological polar surface area (TPSA) is 206 Å². The lowest BCUT2D eigenvalue weighted by Gasteiger charge is -2.68. The Balaban J connectivity index is 0.745. The summed E-state index contributed by atoms with van der Waals surface area (Å²) in [4.78, 5) is 63.6. The highest BCUT2D eigenvalue weighted by molar-refractivity contribution is 6.23. The number of phenols is 1. The maximum absolute atomic E-state index is 13.0. The highest BCUT2D eigenvalue weighted by atomic mass is 16.5. The highest BCUT2D eigenvalue weighted by Crippen LogP contribution is 2.73. The molecular formula is C38H43N7O7. The Morgan fingerprint density at radius 2 is 1.62 bits per heavy atom. The zero-order chi connectivity index (χ0) is 36.5. The number of imide groups is 2. The van der Waals surface area contributed by atoms with Crippen LogP contribution < -0.4 is 26.4 Å². The summed E-state index contributed by atoms with van der Waals surface area (Å²) in [7, 11) is 0. The number of amides is 5. The van der Waals surface area contributed by atoms with Gasteiger partial charge < -0.3 is 26.2 Å². The first-order valence-corrected chi connectivity index (χ1v) is 18.0. The summed E-state index contributed by atoms with van der Waals surface area (Å²) >= 11 is 0. The first-order chi connectivity index (χ1) is 25.1. The fourth-order valence-corrected chi connectivity index (χ4v) is 8.10. The minimum absolute atomic E-state index is 0.0210. The van der Waals surface area contributed by atoms with Crippen molar-refractivity contribution in [2.45, 2.75) is 76.7 Å². The highest BCUT2D eigenvalue weighted by Gasteiger charge is 2.71. The predicted octanol–water partition coefficient (Wildman–Crippen LogP) is 3.95. The fraction of sp³-hybridized carbons (Fsp3) is 0.447. The third-order valence-corrected chi connectivity index (χ3v) is 10.8. The van der Waals surface area contributed by atoms with E-state index in [2.05, 4.69) is 26.1 Å². The van der Waals surface area contributed by atoms with Crippen LogP contribution in [0.15, 0.2) is 48.5 Å². The van der Waals surface area contributed by atoms with Gasteiger partial charge in [0, 0.05) is 42.2 Å². The first-order valence-electron chi connectivity index (χ1n) is 18.0. The van der Waals surface area contributed by atoms with E-state index < -0.39 is 29.7 Å². The monoisotopic (exact) mass is 709 g/mol. The number of nitrogens with zero attached hydrogens (tertiary/aromatic N) is 3. The van der Waals surface area contributed by atoms with Gasteiger partial charge in [0.05, 0.1) is 23.1 Å². The lowest BCUT2D eigenvalue weighted by atomic mass is 9.35. The number of nitrogens with one attached hydrogen (secondary N) is 3. The number of ether oxygens (including phenoxy) is 1. The number of nitrogen functional groups attached to an aromatic ring is 1.